The molecule has 2 heterocycles. The zero-order valence-corrected chi connectivity index (χ0v) is 55.8. The molecule has 1 aromatic heterocycles. The first-order valence-electron chi connectivity index (χ1n) is 31.6. The third-order valence-corrected chi connectivity index (χ3v) is 14.7. The molecule has 0 saturated heterocycles. The number of aryl methyl sites for hydroxylation is 3. The van der Waals surface area contributed by atoms with Crippen molar-refractivity contribution in [3.8, 4) is 5.69 Å². The van der Waals surface area contributed by atoms with Crippen molar-refractivity contribution in [2.75, 3.05) is 40.5 Å². The highest BCUT2D eigenvalue weighted by Crippen LogP contribution is 2.36. The number of allylic oxidation sites excluding steroid dienone is 2. The number of anilines is 4. The van der Waals surface area contributed by atoms with E-state index in [1.54, 1.807) is 9.80 Å². The van der Waals surface area contributed by atoms with E-state index in [0.717, 1.165) is 153 Å². The van der Waals surface area contributed by atoms with Crippen LogP contribution in [0.4, 0.5) is 53.3 Å². The number of hydrogen-bond donors (Lipinski definition) is 4. The summed E-state index contributed by atoms with van der Waals surface area (Å²) >= 11 is 0. The molecule has 5 aromatic carbocycles. The number of hydrogen-bond acceptors (Lipinski definition) is 10. The van der Waals surface area contributed by atoms with Crippen LogP contribution in [0.3, 0.4) is 0 Å². The van der Waals surface area contributed by atoms with Crippen LogP contribution in [0.5, 0.6) is 0 Å². The van der Waals surface area contributed by atoms with Crippen molar-refractivity contribution in [2.45, 2.75) is 197 Å². The highest BCUT2D eigenvalue weighted by Gasteiger charge is 2.35. The molecule has 0 fully saturated rings. The van der Waals surface area contributed by atoms with Gasteiger partial charge in [-0.2, -0.15) is 0 Å². The van der Waals surface area contributed by atoms with E-state index >= 15 is 0 Å². The molecule has 0 aliphatic carbocycles. The number of para-hydroxylation sites is 2. The number of aromatic nitrogens is 2. The molecule has 4 N–H and O–H groups in total. The number of carbonyl (C=O) groups excluding carboxylic acids is 4. The summed E-state index contributed by atoms with van der Waals surface area (Å²) in [5, 5.41) is 9.61. The normalized spacial score (nSPS) is 14.4. The van der Waals surface area contributed by atoms with Gasteiger partial charge in [0.2, 0.25) is 16.7 Å². The van der Waals surface area contributed by atoms with Crippen LogP contribution in [0.15, 0.2) is 133 Å². The number of unbranched alkanes of at least 4 members (excludes halogenated alkanes) is 9. The van der Waals surface area contributed by atoms with Gasteiger partial charge in [-0.15, -0.1) is 4.57 Å². The van der Waals surface area contributed by atoms with Gasteiger partial charge in [0.25, 0.3) is 0 Å². The van der Waals surface area contributed by atoms with Gasteiger partial charge < -0.3 is 29.2 Å². The molecular formula is C73H98N8O8+2. The Labute approximate surface area is 528 Å². The summed E-state index contributed by atoms with van der Waals surface area (Å²) in [5.74, 6) is 0. The first kappa shape index (κ1) is 68.3. The van der Waals surface area contributed by atoms with Crippen molar-refractivity contribution in [3.63, 3.8) is 0 Å². The first-order chi connectivity index (χ1) is 41.8. The SMILES string of the molecule is C=C(C)/C=C1/Nc2cc(C)c(NC(=O)OC(C)(C)C)cc2[NH+](c2ccccc2)/C1=C/CN(CCCCCCCCCCCCN(C(=O)OC(C)(C)C)c1cc2c(cc1C)nc1cc(C)c(NC(=O)OC(C)(C)C)cc1[n+]2-c1ccccc1)C(=O)OC(C)(C)C. The Morgan fingerprint density at radius 2 is 1.06 bits per heavy atom. The number of quaternary nitrogens is 1. The lowest BCUT2D eigenvalue weighted by molar-refractivity contribution is -0.712. The summed E-state index contributed by atoms with van der Waals surface area (Å²) in [6, 6.07) is 32.2. The lowest BCUT2D eigenvalue weighted by Crippen LogP contribution is -3.01. The third kappa shape index (κ3) is 19.9. The zero-order chi connectivity index (χ0) is 65.0. The second kappa shape index (κ2) is 29.4. The predicted molar refractivity (Wildman–Crippen MR) is 360 cm³/mol. The van der Waals surface area contributed by atoms with Crippen LogP contribution in [0, 0.1) is 20.8 Å². The Balaban J connectivity index is 0.989. The summed E-state index contributed by atoms with van der Waals surface area (Å²) in [7, 11) is 0. The van der Waals surface area contributed by atoms with Crippen molar-refractivity contribution in [1.29, 1.82) is 0 Å². The van der Waals surface area contributed by atoms with Crippen LogP contribution in [0.1, 0.15) is 171 Å². The summed E-state index contributed by atoms with van der Waals surface area (Å²) < 4.78 is 25.5. The molecule has 1 aliphatic rings. The molecule has 16 heteroatoms. The molecular weight excluding hydrogens is 1120 g/mol. The Bertz CT molecular complexity index is 3570. The minimum absolute atomic E-state index is 0.305. The smallest absolute Gasteiger partial charge is 0.414 e. The monoisotopic (exact) mass is 1210 g/mol. The average molecular weight is 1220 g/mol. The second-order valence-corrected chi connectivity index (χ2v) is 27.5. The highest BCUT2D eigenvalue weighted by atomic mass is 16.6. The Morgan fingerprint density at radius 3 is 1.60 bits per heavy atom. The van der Waals surface area contributed by atoms with Crippen LogP contribution in [-0.4, -0.2) is 76.3 Å². The van der Waals surface area contributed by atoms with Gasteiger partial charge in [0.1, 0.15) is 50.5 Å². The third-order valence-electron chi connectivity index (χ3n) is 14.7. The van der Waals surface area contributed by atoms with E-state index < -0.39 is 40.7 Å². The minimum Gasteiger partial charge on any atom is -0.444 e. The van der Waals surface area contributed by atoms with Gasteiger partial charge in [-0.3, -0.25) is 15.5 Å². The molecule has 476 valence electrons. The molecule has 6 aromatic rings. The molecule has 0 saturated carbocycles. The maximum atomic E-state index is 14.2. The quantitative estimate of drug-likeness (QED) is 0.0236. The summed E-state index contributed by atoms with van der Waals surface area (Å²) in [6.45, 7) is 35.8. The standard InChI is InChI=1S/C73H96N8O8/c1-49(2)42-57-61(80(53-34-28-26-29-35-53)63-46-55(50(3)43-58(63)74-57)76-66(82)86-70(6,7)8)38-41-78(68(84)88-72(12,13)14)39-32-24-22-20-18-19-21-23-25-33-40-79(69(85)89-73(15,16)17)62-48-65-60(45-52(62)5)75-59-44-51(4)56(77-67(83)87-71(9,10)11)47-64(59)81(65)54-36-30-27-31-37-54/h26-31,34-38,42-48H,1,18-25,32-33,39-41H2,2-17H3,(H2,74,75,76,77,82,83)/p+2/b57-42+,61-38+. The largest absolute Gasteiger partial charge is 0.444 e. The molecule has 0 radical (unpaired) electrons. The fourth-order valence-electron chi connectivity index (χ4n) is 10.8. The van der Waals surface area contributed by atoms with E-state index in [-0.39, 0.29) is 6.09 Å². The summed E-state index contributed by atoms with van der Waals surface area (Å²) in [5.41, 5.74) is 11.3. The molecule has 0 bridgehead atoms. The Morgan fingerprint density at radius 1 is 0.584 bits per heavy atom. The van der Waals surface area contributed by atoms with Gasteiger partial charge >= 0.3 is 24.4 Å². The maximum Gasteiger partial charge on any atom is 0.414 e. The molecule has 1 aliphatic heterocycles. The van der Waals surface area contributed by atoms with E-state index in [1.807, 2.05) is 202 Å². The van der Waals surface area contributed by atoms with Gasteiger partial charge in [0, 0.05) is 50.0 Å². The lowest BCUT2D eigenvalue weighted by Gasteiger charge is -2.32. The van der Waals surface area contributed by atoms with Crippen molar-refractivity contribution in [2.24, 2.45) is 0 Å². The van der Waals surface area contributed by atoms with Crippen LogP contribution < -0.4 is 30.3 Å². The van der Waals surface area contributed by atoms with Crippen LogP contribution in [0.2, 0.25) is 0 Å². The molecule has 1 atom stereocenters. The van der Waals surface area contributed by atoms with Crippen molar-refractivity contribution < 1.29 is 47.6 Å². The number of benzene rings is 5. The fraction of sp³-hybridized carbons (Fsp3) is 0.452. The number of ether oxygens (including phenoxy) is 4. The van der Waals surface area contributed by atoms with Crippen LogP contribution >= 0.6 is 0 Å². The predicted octanol–water partition coefficient (Wildman–Crippen LogP) is 17.5. The molecule has 7 rings (SSSR count). The van der Waals surface area contributed by atoms with Crippen LogP contribution in [0.25, 0.3) is 27.8 Å². The number of rotatable bonds is 21. The van der Waals surface area contributed by atoms with Crippen molar-refractivity contribution >= 4 is 80.6 Å². The maximum absolute atomic E-state index is 14.2. The van der Waals surface area contributed by atoms with E-state index in [1.165, 1.54) is 0 Å². The van der Waals surface area contributed by atoms with Crippen LogP contribution in [-0.2, 0) is 18.9 Å². The molecule has 0 spiro atoms. The van der Waals surface area contributed by atoms with Gasteiger partial charge in [-0.1, -0.05) is 99.9 Å². The fourth-order valence-corrected chi connectivity index (χ4v) is 10.8. The number of amides is 4. The van der Waals surface area contributed by atoms with E-state index in [4.69, 9.17) is 23.9 Å². The Hall–Kier alpha value is -8.24. The number of nitrogens with one attached hydrogen (secondary N) is 4. The first-order valence-corrected chi connectivity index (χ1v) is 31.6. The Kier molecular flexibility index (Phi) is 22.5. The minimum atomic E-state index is -0.705. The van der Waals surface area contributed by atoms with Crippen molar-refractivity contribution in [1.82, 2.24) is 9.88 Å². The number of fused-ring (bicyclic) bond motifs is 3. The summed E-state index contributed by atoms with van der Waals surface area (Å²) in [6.07, 6.45) is 12.3. The van der Waals surface area contributed by atoms with E-state index in [2.05, 4.69) is 45.3 Å². The number of nitrogens with zero attached hydrogens (tertiary/aromatic N) is 4. The van der Waals surface area contributed by atoms with Gasteiger partial charge in [-0.25, -0.2) is 29.1 Å². The average Bonchev–Trinajstić information content (AvgIpc) is 0.763. The topological polar surface area (TPSA) is 169 Å². The molecule has 16 nitrogen and oxygen atoms in total. The zero-order valence-electron chi connectivity index (χ0n) is 55.8. The molecule has 89 heavy (non-hydrogen) atoms. The molecule has 4 amide bonds. The number of carbonyl (C=O) groups is 4. The van der Waals surface area contributed by atoms with Crippen molar-refractivity contribution in [3.05, 3.63) is 149 Å². The lowest BCUT2D eigenvalue weighted by atomic mass is 10.0. The van der Waals surface area contributed by atoms with E-state index in [9.17, 15) is 19.2 Å². The van der Waals surface area contributed by atoms with Gasteiger partial charge in [-0.05, 0) is 183 Å². The van der Waals surface area contributed by atoms with Gasteiger partial charge in [0.05, 0.1) is 17.1 Å². The summed E-state index contributed by atoms with van der Waals surface area (Å²) in [4.78, 5) is 64.0. The van der Waals surface area contributed by atoms with Gasteiger partial charge in [0.15, 0.2) is 11.4 Å². The molecule has 1 unspecified atom stereocenters. The van der Waals surface area contributed by atoms with E-state index in [0.29, 0.717) is 31.0 Å². The highest BCUT2D eigenvalue weighted by molar-refractivity contribution is 5.95. The second-order valence-electron chi connectivity index (χ2n) is 27.5.